The second kappa shape index (κ2) is 8.19. The Labute approximate surface area is 258 Å². The van der Waals surface area contributed by atoms with Crippen molar-refractivity contribution in [3.63, 3.8) is 0 Å². The molecule has 7 aromatic carbocycles. The van der Waals surface area contributed by atoms with Crippen molar-refractivity contribution in [2.75, 3.05) is 4.90 Å². The molecule has 2 aliphatic heterocycles. The summed E-state index contributed by atoms with van der Waals surface area (Å²) in [5, 5.41) is 11.3. The number of aromatic nitrogens is 1. The zero-order chi connectivity index (χ0) is 28.5. The van der Waals surface area contributed by atoms with Crippen molar-refractivity contribution in [1.82, 2.24) is 4.48 Å². The lowest BCUT2D eigenvalue weighted by atomic mass is 9.45. The van der Waals surface area contributed by atoms with Crippen molar-refractivity contribution in [2.45, 2.75) is 0 Å². The minimum absolute atomic E-state index is 0.0557. The Morgan fingerprint density at radius 3 is 2.27 bits per heavy atom. The van der Waals surface area contributed by atoms with Crippen molar-refractivity contribution >= 4 is 99.6 Å². The monoisotopic (exact) mass is 574 g/mol. The van der Waals surface area contributed by atoms with E-state index in [1.807, 2.05) is 11.3 Å². The van der Waals surface area contributed by atoms with Crippen LogP contribution in [0.5, 0.6) is 0 Å². The highest BCUT2D eigenvalue weighted by Crippen LogP contribution is 2.49. The van der Waals surface area contributed by atoms with Crippen LogP contribution >= 0.6 is 11.3 Å². The van der Waals surface area contributed by atoms with Crippen LogP contribution in [0.2, 0.25) is 0 Å². The molecule has 202 valence electrons. The van der Waals surface area contributed by atoms with Gasteiger partial charge in [-0.15, -0.1) is 11.3 Å². The maximum absolute atomic E-state index is 2.65. The van der Waals surface area contributed by atoms with E-state index < -0.39 is 0 Å². The highest BCUT2D eigenvalue weighted by Gasteiger charge is 2.44. The summed E-state index contributed by atoms with van der Waals surface area (Å²) in [5.41, 5.74) is 11.9. The van der Waals surface area contributed by atoms with E-state index in [4.69, 9.17) is 0 Å². The van der Waals surface area contributed by atoms with Gasteiger partial charge in [0.2, 0.25) is 0 Å². The van der Waals surface area contributed by atoms with Gasteiger partial charge in [0.25, 0.3) is 0 Å². The fourth-order valence-electron chi connectivity index (χ4n) is 8.23. The second-order valence-electron chi connectivity index (χ2n) is 12.1. The van der Waals surface area contributed by atoms with Crippen LogP contribution in [0.4, 0.5) is 17.1 Å². The molecule has 0 fully saturated rings. The largest absolute Gasteiger partial charge is 0.375 e. The van der Waals surface area contributed by atoms with E-state index >= 15 is 0 Å². The van der Waals surface area contributed by atoms with Gasteiger partial charge in [-0.2, -0.15) is 0 Å². The Morgan fingerprint density at radius 2 is 1.34 bits per heavy atom. The normalized spacial score (nSPS) is 13.4. The zero-order valence-corrected chi connectivity index (χ0v) is 24.5. The smallest absolute Gasteiger partial charge is 0.333 e. The molecule has 2 nitrogen and oxygen atoms in total. The Bertz CT molecular complexity index is 2700. The minimum atomic E-state index is 0.0557. The Morgan fingerprint density at radius 1 is 0.568 bits per heavy atom. The number of thiophene rings is 1. The summed E-state index contributed by atoms with van der Waals surface area (Å²) in [6.07, 6.45) is 0. The summed E-state index contributed by atoms with van der Waals surface area (Å²) in [6.45, 7) is 0.0557. The summed E-state index contributed by atoms with van der Waals surface area (Å²) >= 11 is 1.87. The summed E-state index contributed by atoms with van der Waals surface area (Å²) in [6, 6.07) is 49.9. The van der Waals surface area contributed by atoms with E-state index in [0.29, 0.717) is 0 Å². The second-order valence-corrected chi connectivity index (χ2v) is 13.0. The molecule has 0 spiro atoms. The van der Waals surface area contributed by atoms with Gasteiger partial charge in [-0.05, 0) is 68.2 Å². The van der Waals surface area contributed by atoms with Crippen LogP contribution in [0.1, 0.15) is 0 Å². The van der Waals surface area contributed by atoms with Gasteiger partial charge in [-0.25, -0.2) is 0 Å². The number of para-hydroxylation sites is 2. The summed E-state index contributed by atoms with van der Waals surface area (Å²) in [5.74, 6) is 0. The number of nitrogens with zero attached hydrogens (tertiary/aromatic N) is 2. The number of benzene rings is 7. The standard InChI is InChI=1S/C40H23BN2S/c1-2-10-26-22-28(18-16-24(26)8-1)42-35-23-27-20-21-44-40(27)36-32-14-7-13-31-30-12-5-6-15-34(30)43(38(31)32)41(37(35)36)33-19-17-25-9-3-4-11-29(25)39(33)42/h1-23H. The quantitative estimate of drug-likeness (QED) is 0.177. The molecule has 0 saturated heterocycles. The molecule has 0 unspecified atom stereocenters. The van der Waals surface area contributed by atoms with Gasteiger partial charge in [-0.1, -0.05) is 103 Å². The van der Waals surface area contributed by atoms with E-state index in [1.54, 1.807) is 0 Å². The van der Waals surface area contributed by atoms with Crippen LogP contribution in [-0.2, 0) is 0 Å². The van der Waals surface area contributed by atoms with Crippen LogP contribution in [0.15, 0.2) is 139 Å². The van der Waals surface area contributed by atoms with Crippen molar-refractivity contribution in [3.8, 4) is 11.1 Å². The fourth-order valence-corrected chi connectivity index (χ4v) is 9.18. The average molecular weight is 575 g/mol. The first-order valence-electron chi connectivity index (χ1n) is 15.2. The molecule has 44 heavy (non-hydrogen) atoms. The highest BCUT2D eigenvalue weighted by molar-refractivity contribution is 7.18. The molecule has 0 radical (unpaired) electrons. The predicted octanol–water partition coefficient (Wildman–Crippen LogP) is 9.73. The van der Waals surface area contributed by atoms with Gasteiger partial charge in [-0.3, -0.25) is 0 Å². The number of hydrogen-bond donors (Lipinski definition) is 0. The van der Waals surface area contributed by atoms with Gasteiger partial charge in [0.1, 0.15) is 0 Å². The third-order valence-corrected chi connectivity index (χ3v) is 10.9. The molecule has 4 heteroatoms. The van der Waals surface area contributed by atoms with Crippen LogP contribution in [0.25, 0.3) is 64.6 Å². The highest BCUT2D eigenvalue weighted by atomic mass is 32.1. The summed E-state index contributed by atoms with van der Waals surface area (Å²) < 4.78 is 4.02. The molecule has 11 rings (SSSR count). The van der Waals surface area contributed by atoms with Crippen LogP contribution < -0.4 is 15.8 Å². The van der Waals surface area contributed by atoms with Crippen molar-refractivity contribution < 1.29 is 0 Å². The van der Waals surface area contributed by atoms with Gasteiger partial charge < -0.3 is 9.38 Å². The molecule has 4 heterocycles. The van der Waals surface area contributed by atoms with Crippen molar-refractivity contribution in [3.05, 3.63) is 139 Å². The molecule has 0 amide bonds. The predicted molar refractivity (Wildman–Crippen MR) is 190 cm³/mol. The molecule has 9 aromatic rings. The number of hydrogen-bond acceptors (Lipinski definition) is 2. The maximum atomic E-state index is 2.65. The average Bonchev–Trinajstić information content (AvgIpc) is 3.69. The SMILES string of the molecule is c1ccc2cc(N3c4cc5ccsc5c5c4B(c4ccc6ccccc6c43)n3c4ccccc4c4cccc-5c43)ccc2c1. The molecule has 0 atom stereocenters. The summed E-state index contributed by atoms with van der Waals surface area (Å²) in [7, 11) is 0. The first-order valence-corrected chi connectivity index (χ1v) is 16.1. The molecule has 0 aliphatic carbocycles. The van der Waals surface area contributed by atoms with Gasteiger partial charge >= 0.3 is 6.85 Å². The first-order chi connectivity index (χ1) is 21.8. The summed E-state index contributed by atoms with van der Waals surface area (Å²) in [4.78, 5) is 2.56. The molecule has 0 saturated carbocycles. The van der Waals surface area contributed by atoms with Gasteiger partial charge in [0, 0.05) is 54.4 Å². The zero-order valence-electron chi connectivity index (χ0n) is 23.7. The van der Waals surface area contributed by atoms with Gasteiger partial charge in [0.05, 0.1) is 5.69 Å². The molecular formula is C40H23BN2S. The lowest BCUT2D eigenvalue weighted by Crippen LogP contribution is -2.56. The number of fused-ring (bicyclic) bond motifs is 12. The Balaban J connectivity index is 1.38. The van der Waals surface area contributed by atoms with E-state index in [9.17, 15) is 0 Å². The maximum Gasteiger partial charge on any atom is 0.333 e. The molecular weight excluding hydrogens is 551 g/mol. The topological polar surface area (TPSA) is 8.17 Å². The molecule has 0 bridgehead atoms. The van der Waals surface area contributed by atoms with Crippen LogP contribution in [0.3, 0.4) is 0 Å². The Kier molecular flexibility index (Phi) is 4.32. The van der Waals surface area contributed by atoms with E-state index in [1.165, 1.54) is 92.6 Å². The first kappa shape index (κ1) is 23.2. The Hall–Kier alpha value is -5.32. The molecule has 0 N–H and O–H groups in total. The number of rotatable bonds is 1. The molecule has 2 aromatic heterocycles. The lowest BCUT2D eigenvalue weighted by Gasteiger charge is -2.41. The minimum Gasteiger partial charge on any atom is -0.375 e. The fraction of sp³-hybridized carbons (Fsp3) is 0. The van der Waals surface area contributed by atoms with Gasteiger partial charge in [0.15, 0.2) is 0 Å². The lowest BCUT2D eigenvalue weighted by molar-refractivity contribution is 1.27. The molecule has 2 aliphatic rings. The van der Waals surface area contributed by atoms with Crippen molar-refractivity contribution in [2.24, 2.45) is 0 Å². The van der Waals surface area contributed by atoms with Crippen molar-refractivity contribution in [1.29, 1.82) is 0 Å². The van der Waals surface area contributed by atoms with Crippen LogP contribution in [-0.4, -0.2) is 11.3 Å². The third kappa shape index (κ3) is 2.78. The van der Waals surface area contributed by atoms with E-state index in [2.05, 4.69) is 148 Å². The van der Waals surface area contributed by atoms with Crippen LogP contribution in [0, 0.1) is 0 Å². The van der Waals surface area contributed by atoms with E-state index in [0.717, 1.165) is 0 Å². The third-order valence-electron chi connectivity index (χ3n) is 9.97. The number of anilines is 3. The van der Waals surface area contributed by atoms with E-state index in [-0.39, 0.29) is 6.85 Å².